The molecule has 6 heteroatoms. The molecule has 3 rings (SSSR count). The lowest BCUT2D eigenvalue weighted by atomic mass is 10.0. The van der Waals surface area contributed by atoms with Crippen molar-refractivity contribution in [2.75, 3.05) is 31.8 Å². The van der Waals surface area contributed by atoms with Crippen molar-refractivity contribution in [1.82, 2.24) is 4.90 Å². The van der Waals surface area contributed by atoms with E-state index in [1.54, 1.807) is 9.80 Å². The molecule has 0 saturated carbocycles. The van der Waals surface area contributed by atoms with Crippen molar-refractivity contribution < 1.29 is 19.1 Å². The van der Waals surface area contributed by atoms with Gasteiger partial charge in [-0.3, -0.25) is 9.69 Å². The molecule has 22 heavy (non-hydrogen) atoms. The molecule has 1 fully saturated rings. The SMILES string of the molecule is COCC(=O)N1CCC2COC(=O)N2c2cc(C)ccc2C1. The summed E-state index contributed by atoms with van der Waals surface area (Å²) in [6.07, 6.45) is 0.405. The summed E-state index contributed by atoms with van der Waals surface area (Å²) in [5.74, 6) is -0.0345. The van der Waals surface area contributed by atoms with Crippen LogP contribution in [0.1, 0.15) is 17.5 Å². The van der Waals surface area contributed by atoms with Crippen LogP contribution in [0.15, 0.2) is 18.2 Å². The second-order valence-corrected chi connectivity index (χ2v) is 5.77. The minimum Gasteiger partial charge on any atom is -0.447 e. The van der Waals surface area contributed by atoms with Gasteiger partial charge < -0.3 is 14.4 Å². The highest BCUT2D eigenvalue weighted by Gasteiger charge is 2.37. The highest BCUT2D eigenvalue weighted by atomic mass is 16.6. The smallest absolute Gasteiger partial charge is 0.414 e. The minimum absolute atomic E-state index is 0.0220. The average Bonchev–Trinajstić information content (AvgIpc) is 2.83. The lowest BCUT2D eigenvalue weighted by molar-refractivity contribution is -0.135. The molecule has 1 unspecified atom stereocenters. The number of hydrogen-bond acceptors (Lipinski definition) is 4. The quantitative estimate of drug-likeness (QED) is 0.834. The summed E-state index contributed by atoms with van der Waals surface area (Å²) in [6, 6.07) is 5.94. The number of methoxy groups -OCH3 is 1. The standard InChI is InChI=1S/C16H20N2O4/c1-11-3-4-12-8-17(15(19)10-21-2)6-5-13-9-22-16(20)18(13)14(12)7-11/h3-4,7,13H,5-6,8-10H2,1-2H3. The van der Waals surface area contributed by atoms with Gasteiger partial charge >= 0.3 is 6.09 Å². The molecule has 1 atom stereocenters. The zero-order valence-electron chi connectivity index (χ0n) is 12.9. The van der Waals surface area contributed by atoms with E-state index in [9.17, 15) is 9.59 Å². The molecular formula is C16H20N2O4. The molecule has 6 nitrogen and oxygen atoms in total. The van der Waals surface area contributed by atoms with Crippen LogP contribution >= 0.6 is 0 Å². The Hall–Kier alpha value is -2.08. The molecule has 2 aliphatic rings. The largest absolute Gasteiger partial charge is 0.447 e. The number of rotatable bonds is 2. The van der Waals surface area contributed by atoms with Crippen LogP contribution < -0.4 is 4.90 Å². The molecule has 0 radical (unpaired) electrons. The lowest BCUT2D eigenvalue weighted by Gasteiger charge is -2.32. The molecular weight excluding hydrogens is 284 g/mol. The zero-order chi connectivity index (χ0) is 15.7. The van der Waals surface area contributed by atoms with Crippen molar-refractivity contribution >= 4 is 17.7 Å². The van der Waals surface area contributed by atoms with Crippen LogP contribution in [0.3, 0.4) is 0 Å². The Balaban J connectivity index is 1.98. The monoisotopic (exact) mass is 304 g/mol. The van der Waals surface area contributed by atoms with Crippen LogP contribution in [0.5, 0.6) is 0 Å². The van der Waals surface area contributed by atoms with Crippen molar-refractivity contribution in [1.29, 1.82) is 0 Å². The van der Waals surface area contributed by atoms with Gasteiger partial charge in [-0.2, -0.15) is 0 Å². The van der Waals surface area contributed by atoms with Crippen molar-refractivity contribution in [3.05, 3.63) is 29.3 Å². The van der Waals surface area contributed by atoms with E-state index in [1.807, 2.05) is 25.1 Å². The third-order valence-corrected chi connectivity index (χ3v) is 4.18. The summed E-state index contributed by atoms with van der Waals surface area (Å²) in [5, 5.41) is 0. The third kappa shape index (κ3) is 2.66. The maximum Gasteiger partial charge on any atom is 0.414 e. The Labute approximate surface area is 129 Å². The van der Waals surface area contributed by atoms with Crippen molar-refractivity contribution in [2.24, 2.45) is 0 Å². The molecule has 118 valence electrons. The third-order valence-electron chi connectivity index (χ3n) is 4.18. The Morgan fingerprint density at radius 1 is 1.45 bits per heavy atom. The summed E-state index contributed by atoms with van der Waals surface area (Å²) in [5.41, 5.74) is 2.88. The van der Waals surface area contributed by atoms with E-state index in [0.717, 1.165) is 16.8 Å². The predicted octanol–water partition coefficient (Wildman–Crippen LogP) is 1.70. The fourth-order valence-corrected chi connectivity index (χ4v) is 3.02. The number of cyclic esters (lactones) is 1. The first-order chi connectivity index (χ1) is 10.6. The normalized spacial score (nSPS) is 20.8. The van der Waals surface area contributed by atoms with Crippen LogP contribution in [0.2, 0.25) is 0 Å². The molecule has 2 aliphatic heterocycles. The van der Waals surface area contributed by atoms with Gasteiger partial charge in [-0.05, 0) is 30.5 Å². The highest BCUT2D eigenvalue weighted by Crippen LogP contribution is 2.32. The van der Waals surface area contributed by atoms with Gasteiger partial charge in [0.05, 0.1) is 11.7 Å². The fraction of sp³-hybridized carbons (Fsp3) is 0.500. The minimum atomic E-state index is -0.298. The van der Waals surface area contributed by atoms with E-state index in [0.29, 0.717) is 26.1 Å². The number of nitrogens with zero attached hydrogens (tertiary/aromatic N) is 2. The van der Waals surface area contributed by atoms with Crippen molar-refractivity contribution in [2.45, 2.75) is 25.9 Å². The average molecular weight is 304 g/mol. The van der Waals surface area contributed by atoms with E-state index >= 15 is 0 Å². The molecule has 0 aromatic heterocycles. The number of ether oxygens (including phenoxy) is 2. The number of hydrogen-bond donors (Lipinski definition) is 0. The van der Waals surface area contributed by atoms with Gasteiger partial charge in [0.2, 0.25) is 5.91 Å². The number of anilines is 1. The Kier molecular flexibility index (Phi) is 4.02. The summed E-state index contributed by atoms with van der Waals surface area (Å²) < 4.78 is 10.2. The van der Waals surface area contributed by atoms with Crippen LogP contribution in [0.25, 0.3) is 0 Å². The van der Waals surface area contributed by atoms with Gasteiger partial charge in [-0.1, -0.05) is 12.1 Å². The van der Waals surface area contributed by atoms with Gasteiger partial charge in [0.15, 0.2) is 0 Å². The van der Waals surface area contributed by atoms with Crippen LogP contribution in [-0.4, -0.2) is 49.8 Å². The van der Waals surface area contributed by atoms with Gasteiger partial charge in [-0.15, -0.1) is 0 Å². The molecule has 1 aromatic rings. The van der Waals surface area contributed by atoms with Gasteiger partial charge in [0.25, 0.3) is 0 Å². The molecule has 2 amide bonds. The van der Waals surface area contributed by atoms with Gasteiger partial charge in [0.1, 0.15) is 13.2 Å². The van der Waals surface area contributed by atoms with Gasteiger partial charge in [-0.25, -0.2) is 4.79 Å². The van der Waals surface area contributed by atoms with Crippen molar-refractivity contribution in [3.8, 4) is 0 Å². The summed E-state index contributed by atoms with van der Waals surface area (Å²) >= 11 is 0. The van der Waals surface area contributed by atoms with E-state index in [2.05, 4.69) is 0 Å². The number of amides is 2. The predicted molar refractivity (Wildman–Crippen MR) is 80.7 cm³/mol. The molecule has 0 N–H and O–H groups in total. The van der Waals surface area contributed by atoms with Crippen LogP contribution in [-0.2, 0) is 20.8 Å². The van der Waals surface area contributed by atoms with Gasteiger partial charge in [0, 0.05) is 20.2 Å². The molecule has 2 heterocycles. The topological polar surface area (TPSA) is 59.1 Å². The molecule has 1 saturated heterocycles. The van der Waals surface area contributed by atoms with E-state index < -0.39 is 0 Å². The zero-order valence-corrected chi connectivity index (χ0v) is 12.9. The summed E-state index contributed by atoms with van der Waals surface area (Å²) in [7, 11) is 1.52. The number of aryl methyl sites for hydroxylation is 1. The molecule has 1 aromatic carbocycles. The van der Waals surface area contributed by atoms with Crippen LogP contribution in [0.4, 0.5) is 10.5 Å². The maximum atomic E-state index is 12.2. The Morgan fingerprint density at radius 3 is 3.05 bits per heavy atom. The molecule has 0 aliphatic carbocycles. The first-order valence-corrected chi connectivity index (χ1v) is 7.42. The van der Waals surface area contributed by atoms with E-state index in [4.69, 9.17) is 9.47 Å². The fourth-order valence-electron chi connectivity index (χ4n) is 3.02. The first kappa shape index (κ1) is 14.8. The highest BCUT2D eigenvalue weighted by molar-refractivity contribution is 5.91. The van der Waals surface area contributed by atoms with Crippen molar-refractivity contribution in [3.63, 3.8) is 0 Å². The van der Waals surface area contributed by atoms with E-state index in [-0.39, 0.29) is 24.6 Å². The molecule has 0 spiro atoms. The Morgan fingerprint density at radius 2 is 2.27 bits per heavy atom. The maximum absolute atomic E-state index is 12.2. The molecule has 0 bridgehead atoms. The number of carbonyl (C=O) groups is 2. The second kappa shape index (κ2) is 5.96. The number of benzene rings is 1. The van der Waals surface area contributed by atoms with Crippen LogP contribution in [0, 0.1) is 6.92 Å². The number of carbonyl (C=O) groups excluding carboxylic acids is 2. The second-order valence-electron chi connectivity index (χ2n) is 5.77. The Bertz CT molecular complexity index is 602. The summed E-state index contributed by atoms with van der Waals surface area (Å²) in [4.78, 5) is 27.8. The number of fused-ring (bicyclic) bond motifs is 3. The first-order valence-electron chi connectivity index (χ1n) is 7.42. The summed E-state index contributed by atoms with van der Waals surface area (Å²) in [6.45, 7) is 3.51. The van der Waals surface area contributed by atoms with E-state index in [1.165, 1.54) is 7.11 Å². The lowest BCUT2D eigenvalue weighted by Crippen LogP contribution is -2.43.